The van der Waals surface area contributed by atoms with Gasteiger partial charge in [-0.05, 0) is 43.5 Å². The first-order valence-electron chi connectivity index (χ1n) is 7.62. The van der Waals surface area contributed by atoms with Gasteiger partial charge in [0.2, 0.25) is 0 Å². The second-order valence-electron chi connectivity index (χ2n) is 5.77. The van der Waals surface area contributed by atoms with E-state index in [1.54, 1.807) is 0 Å². The lowest BCUT2D eigenvalue weighted by molar-refractivity contribution is 0.0679. The minimum absolute atomic E-state index is 0.0497. The molecule has 0 spiro atoms. The maximum Gasteiger partial charge on any atom is 0.253 e. The van der Waals surface area contributed by atoms with Crippen LogP contribution >= 0.6 is 0 Å². The number of benzene rings is 1. The summed E-state index contributed by atoms with van der Waals surface area (Å²) in [6, 6.07) is 7.44. The molecule has 1 amide bonds. The average molecular weight is 290 g/mol. The highest BCUT2D eigenvalue weighted by Crippen LogP contribution is 2.18. The van der Waals surface area contributed by atoms with Gasteiger partial charge in [0.05, 0.1) is 6.10 Å². The van der Waals surface area contributed by atoms with E-state index in [0.29, 0.717) is 18.7 Å². The summed E-state index contributed by atoms with van der Waals surface area (Å²) in [5.41, 5.74) is 6.53. The van der Waals surface area contributed by atoms with Gasteiger partial charge in [0.15, 0.2) is 0 Å². The lowest BCUT2D eigenvalue weighted by Gasteiger charge is -2.16. The molecule has 21 heavy (non-hydrogen) atoms. The van der Waals surface area contributed by atoms with E-state index in [-0.39, 0.29) is 18.1 Å². The van der Waals surface area contributed by atoms with Crippen molar-refractivity contribution >= 4 is 5.91 Å². The van der Waals surface area contributed by atoms with E-state index >= 15 is 0 Å². The molecular weight excluding hydrogens is 268 g/mol. The number of rotatable bonds is 4. The molecule has 2 heterocycles. The van der Waals surface area contributed by atoms with Crippen LogP contribution in [0.5, 0.6) is 5.75 Å². The highest BCUT2D eigenvalue weighted by molar-refractivity contribution is 5.94. The van der Waals surface area contributed by atoms with E-state index in [1.165, 1.54) is 0 Å². The Morgan fingerprint density at radius 2 is 2.14 bits per heavy atom. The molecule has 5 heteroatoms. The summed E-state index contributed by atoms with van der Waals surface area (Å²) in [6.07, 6.45) is 3.26. The van der Waals surface area contributed by atoms with E-state index in [2.05, 4.69) is 0 Å². The van der Waals surface area contributed by atoms with Gasteiger partial charge < -0.3 is 20.1 Å². The highest BCUT2D eigenvalue weighted by Gasteiger charge is 2.24. The summed E-state index contributed by atoms with van der Waals surface area (Å²) in [4.78, 5) is 14.1. The van der Waals surface area contributed by atoms with Crippen LogP contribution < -0.4 is 10.5 Å². The predicted molar refractivity (Wildman–Crippen MR) is 79.4 cm³/mol. The Balaban J connectivity index is 1.54. The summed E-state index contributed by atoms with van der Waals surface area (Å²) in [7, 11) is 0. The average Bonchev–Trinajstić information content (AvgIpc) is 3.16. The molecule has 0 radical (unpaired) electrons. The van der Waals surface area contributed by atoms with Crippen molar-refractivity contribution in [2.45, 2.75) is 31.4 Å². The molecule has 1 aromatic rings. The molecule has 2 N–H and O–H groups in total. The molecule has 2 fully saturated rings. The second kappa shape index (κ2) is 6.45. The second-order valence-corrected chi connectivity index (χ2v) is 5.77. The maximum atomic E-state index is 12.3. The fraction of sp³-hybridized carbons (Fsp3) is 0.562. The maximum absolute atomic E-state index is 12.3. The molecule has 1 unspecified atom stereocenters. The van der Waals surface area contributed by atoms with Crippen LogP contribution in [0.15, 0.2) is 24.3 Å². The number of ether oxygens (including phenoxy) is 2. The molecule has 0 aromatic heterocycles. The molecule has 3 rings (SSSR count). The van der Waals surface area contributed by atoms with Gasteiger partial charge in [0.25, 0.3) is 5.91 Å². The van der Waals surface area contributed by atoms with Crippen molar-refractivity contribution < 1.29 is 14.3 Å². The first-order valence-corrected chi connectivity index (χ1v) is 7.62. The Kier molecular flexibility index (Phi) is 4.41. The van der Waals surface area contributed by atoms with Crippen LogP contribution in [0.4, 0.5) is 0 Å². The van der Waals surface area contributed by atoms with E-state index in [1.807, 2.05) is 29.2 Å². The number of nitrogens with two attached hydrogens (primary N) is 1. The zero-order valence-electron chi connectivity index (χ0n) is 12.2. The topological polar surface area (TPSA) is 64.8 Å². The van der Waals surface area contributed by atoms with Gasteiger partial charge in [0, 0.05) is 31.3 Å². The molecule has 2 atom stereocenters. The van der Waals surface area contributed by atoms with Crippen molar-refractivity contribution in [2.75, 3.05) is 26.3 Å². The van der Waals surface area contributed by atoms with E-state index < -0.39 is 0 Å². The first-order chi connectivity index (χ1) is 10.2. The Morgan fingerprint density at radius 3 is 2.76 bits per heavy atom. The van der Waals surface area contributed by atoms with Crippen LogP contribution in [0.3, 0.4) is 0 Å². The molecule has 114 valence electrons. The number of carbonyl (C=O) groups excluding carboxylic acids is 1. The molecule has 2 aliphatic rings. The van der Waals surface area contributed by atoms with Crippen LogP contribution in [-0.4, -0.2) is 49.3 Å². The predicted octanol–water partition coefficient (Wildman–Crippen LogP) is 1.42. The zero-order valence-corrected chi connectivity index (χ0v) is 12.2. The van der Waals surface area contributed by atoms with Gasteiger partial charge in [-0.2, -0.15) is 0 Å². The Bertz CT molecular complexity index is 483. The van der Waals surface area contributed by atoms with Crippen molar-refractivity contribution in [3.8, 4) is 5.75 Å². The van der Waals surface area contributed by atoms with Crippen LogP contribution in [-0.2, 0) is 4.74 Å². The molecule has 2 saturated heterocycles. The van der Waals surface area contributed by atoms with Crippen molar-refractivity contribution in [1.29, 1.82) is 0 Å². The van der Waals surface area contributed by atoms with Crippen LogP contribution in [0.1, 0.15) is 29.6 Å². The molecule has 2 aliphatic heterocycles. The highest BCUT2D eigenvalue weighted by atomic mass is 16.5. The zero-order chi connectivity index (χ0) is 14.7. The standard InChI is InChI=1S/C16H22N2O3/c17-13-7-8-18(10-13)16(19)12-3-5-14(6-4-12)21-11-15-2-1-9-20-15/h3-6,13,15H,1-2,7-11,17H2/t13-,15?/m0/s1. The van der Waals surface area contributed by atoms with Gasteiger partial charge in [-0.3, -0.25) is 4.79 Å². The number of hydrogen-bond donors (Lipinski definition) is 1. The molecule has 0 saturated carbocycles. The van der Waals surface area contributed by atoms with Gasteiger partial charge in [0.1, 0.15) is 12.4 Å². The van der Waals surface area contributed by atoms with Crippen LogP contribution in [0.25, 0.3) is 0 Å². The third-order valence-corrected chi connectivity index (χ3v) is 4.07. The van der Waals surface area contributed by atoms with Gasteiger partial charge in [-0.15, -0.1) is 0 Å². The minimum Gasteiger partial charge on any atom is -0.491 e. The van der Waals surface area contributed by atoms with Gasteiger partial charge in [-0.25, -0.2) is 0 Å². The Hall–Kier alpha value is -1.59. The first kappa shape index (κ1) is 14.4. The quantitative estimate of drug-likeness (QED) is 0.911. The summed E-state index contributed by atoms with van der Waals surface area (Å²) >= 11 is 0. The third-order valence-electron chi connectivity index (χ3n) is 4.07. The van der Waals surface area contributed by atoms with Gasteiger partial charge >= 0.3 is 0 Å². The number of hydrogen-bond acceptors (Lipinski definition) is 4. The van der Waals surface area contributed by atoms with Crippen molar-refractivity contribution in [3.63, 3.8) is 0 Å². The minimum atomic E-state index is 0.0497. The molecule has 0 bridgehead atoms. The summed E-state index contributed by atoms with van der Waals surface area (Å²) < 4.78 is 11.2. The Morgan fingerprint density at radius 1 is 1.33 bits per heavy atom. The van der Waals surface area contributed by atoms with Crippen molar-refractivity contribution in [2.24, 2.45) is 5.73 Å². The van der Waals surface area contributed by atoms with E-state index in [4.69, 9.17) is 15.2 Å². The number of nitrogens with zero attached hydrogens (tertiary/aromatic N) is 1. The van der Waals surface area contributed by atoms with Crippen molar-refractivity contribution in [1.82, 2.24) is 4.90 Å². The fourth-order valence-electron chi connectivity index (χ4n) is 2.81. The smallest absolute Gasteiger partial charge is 0.253 e. The summed E-state index contributed by atoms with van der Waals surface area (Å²) in [5.74, 6) is 0.828. The lowest BCUT2D eigenvalue weighted by atomic mass is 10.2. The molecular formula is C16H22N2O3. The van der Waals surface area contributed by atoms with E-state index in [9.17, 15) is 4.79 Å². The molecule has 5 nitrogen and oxygen atoms in total. The fourth-order valence-corrected chi connectivity index (χ4v) is 2.81. The number of amides is 1. The number of carbonyl (C=O) groups is 1. The monoisotopic (exact) mass is 290 g/mol. The molecule has 1 aromatic carbocycles. The largest absolute Gasteiger partial charge is 0.491 e. The van der Waals surface area contributed by atoms with Crippen molar-refractivity contribution in [3.05, 3.63) is 29.8 Å². The van der Waals surface area contributed by atoms with Crippen LogP contribution in [0.2, 0.25) is 0 Å². The number of likely N-dealkylation sites (tertiary alicyclic amines) is 1. The SMILES string of the molecule is N[C@H]1CCN(C(=O)c2ccc(OCC3CCCO3)cc2)C1. The Labute approximate surface area is 125 Å². The molecule has 0 aliphatic carbocycles. The summed E-state index contributed by atoms with van der Waals surface area (Å²) in [5, 5.41) is 0. The lowest BCUT2D eigenvalue weighted by Crippen LogP contribution is -2.31. The summed E-state index contributed by atoms with van der Waals surface area (Å²) in [6.45, 7) is 2.81. The van der Waals surface area contributed by atoms with Gasteiger partial charge in [-0.1, -0.05) is 0 Å². The normalized spacial score (nSPS) is 25.3. The third kappa shape index (κ3) is 3.54. The van der Waals surface area contributed by atoms with E-state index in [0.717, 1.165) is 38.2 Å². The van der Waals surface area contributed by atoms with Crippen LogP contribution in [0, 0.1) is 0 Å².